The highest BCUT2D eigenvalue weighted by Gasteiger charge is 2.40. The summed E-state index contributed by atoms with van der Waals surface area (Å²) in [7, 11) is 0. The number of hydrogen-bond donors (Lipinski definition) is 1. The van der Waals surface area contributed by atoms with Crippen LogP contribution in [0.15, 0.2) is 72.4 Å². The molecule has 0 aliphatic carbocycles. The number of aryl methyl sites for hydroxylation is 2. The van der Waals surface area contributed by atoms with Crippen LogP contribution in [0.1, 0.15) is 16.7 Å². The topological polar surface area (TPSA) is 67.9 Å². The molecule has 0 saturated carbocycles. The van der Waals surface area contributed by atoms with Gasteiger partial charge in [-0.1, -0.05) is 36.4 Å². The van der Waals surface area contributed by atoms with Crippen molar-refractivity contribution in [3.05, 3.63) is 89.1 Å². The molecule has 154 valence electrons. The average molecular weight is 412 g/mol. The molecular weight excluding hydrogens is 392 g/mol. The Morgan fingerprint density at radius 2 is 1.58 bits per heavy atom. The van der Waals surface area contributed by atoms with E-state index in [9.17, 15) is 9.59 Å². The molecule has 2 aliphatic rings. The lowest BCUT2D eigenvalue weighted by atomic mass is 10.0. The molecule has 0 atom stereocenters. The lowest BCUT2D eigenvalue weighted by Crippen LogP contribution is -2.32. The molecule has 6 nitrogen and oxygen atoms in total. The van der Waals surface area contributed by atoms with Crippen molar-refractivity contribution in [3.8, 4) is 11.5 Å². The summed E-state index contributed by atoms with van der Waals surface area (Å²) in [6.07, 6.45) is 0. The van der Waals surface area contributed by atoms with Gasteiger partial charge in [-0.2, -0.15) is 0 Å². The molecule has 0 bridgehead atoms. The summed E-state index contributed by atoms with van der Waals surface area (Å²) >= 11 is 0. The van der Waals surface area contributed by atoms with Gasteiger partial charge in [0.1, 0.15) is 5.70 Å². The molecule has 31 heavy (non-hydrogen) atoms. The van der Waals surface area contributed by atoms with Crippen molar-refractivity contribution in [2.24, 2.45) is 0 Å². The number of fused-ring (bicyclic) bond motifs is 1. The van der Waals surface area contributed by atoms with E-state index in [-0.39, 0.29) is 18.4 Å². The van der Waals surface area contributed by atoms with Gasteiger partial charge in [-0.25, -0.2) is 4.90 Å². The van der Waals surface area contributed by atoms with Crippen molar-refractivity contribution < 1.29 is 19.1 Å². The van der Waals surface area contributed by atoms with Crippen molar-refractivity contribution in [3.63, 3.8) is 0 Å². The second kappa shape index (κ2) is 7.32. The van der Waals surface area contributed by atoms with Gasteiger partial charge >= 0.3 is 0 Å². The summed E-state index contributed by atoms with van der Waals surface area (Å²) < 4.78 is 10.8. The third kappa shape index (κ3) is 3.22. The van der Waals surface area contributed by atoms with Crippen molar-refractivity contribution in [1.82, 2.24) is 0 Å². The Kier molecular flexibility index (Phi) is 4.47. The summed E-state index contributed by atoms with van der Waals surface area (Å²) in [6.45, 7) is 4.11. The number of hydrogen-bond acceptors (Lipinski definition) is 5. The molecule has 0 spiro atoms. The van der Waals surface area contributed by atoms with Gasteiger partial charge in [0.05, 0.1) is 11.3 Å². The molecule has 3 aromatic rings. The van der Waals surface area contributed by atoms with Crippen molar-refractivity contribution in [1.29, 1.82) is 0 Å². The average Bonchev–Trinajstić information content (AvgIpc) is 3.33. The minimum atomic E-state index is -0.398. The molecule has 2 heterocycles. The Hall–Kier alpha value is -4.06. The second-order valence-electron chi connectivity index (χ2n) is 7.52. The highest BCUT2D eigenvalue weighted by Crippen LogP contribution is 2.37. The molecule has 5 rings (SSSR count). The molecule has 0 aromatic heterocycles. The lowest BCUT2D eigenvalue weighted by Gasteiger charge is -2.17. The smallest absolute Gasteiger partial charge is 0.282 e. The first-order chi connectivity index (χ1) is 15.0. The maximum absolute atomic E-state index is 13.5. The van der Waals surface area contributed by atoms with Crippen LogP contribution < -0.4 is 19.7 Å². The fourth-order valence-corrected chi connectivity index (χ4v) is 3.74. The van der Waals surface area contributed by atoms with Crippen molar-refractivity contribution in [2.45, 2.75) is 13.8 Å². The zero-order valence-electron chi connectivity index (χ0n) is 17.1. The van der Waals surface area contributed by atoms with Crippen molar-refractivity contribution in [2.75, 3.05) is 17.0 Å². The molecular formula is C25H20N2O4. The Morgan fingerprint density at radius 3 is 2.35 bits per heavy atom. The number of carbonyl (C=O) groups is 2. The molecule has 0 fully saturated rings. The van der Waals surface area contributed by atoms with E-state index in [2.05, 4.69) is 5.32 Å². The Bertz CT molecular complexity index is 1250. The summed E-state index contributed by atoms with van der Waals surface area (Å²) in [5, 5.41) is 3.16. The molecule has 2 aliphatic heterocycles. The normalized spacial score (nSPS) is 15.1. The largest absolute Gasteiger partial charge is 0.454 e. The quantitative estimate of drug-likeness (QED) is 0.642. The molecule has 1 N–H and O–H groups in total. The third-order valence-electron chi connectivity index (χ3n) is 5.54. The molecule has 0 unspecified atom stereocenters. The second-order valence-corrected chi connectivity index (χ2v) is 7.52. The van der Waals surface area contributed by atoms with Crippen LogP contribution in [-0.2, 0) is 9.59 Å². The first-order valence-corrected chi connectivity index (χ1v) is 9.95. The van der Waals surface area contributed by atoms with E-state index < -0.39 is 5.91 Å². The predicted octanol–water partition coefficient (Wildman–Crippen LogP) is 4.43. The minimum Gasteiger partial charge on any atom is -0.454 e. The predicted molar refractivity (Wildman–Crippen MR) is 118 cm³/mol. The SMILES string of the molecule is Cc1ccc(N2C(=O)C(Nc3ccc4c(c3)OCO4)=C(c3ccccc3)C2=O)cc1C. The maximum Gasteiger partial charge on any atom is 0.282 e. The molecule has 0 saturated heterocycles. The molecule has 2 amide bonds. The first kappa shape index (κ1) is 18.9. The molecule has 3 aromatic carbocycles. The summed E-state index contributed by atoms with van der Waals surface area (Å²) in [5.41, 5.74) is 4.53. The van der Waals surface area contributed by atoms with Crippen LogP contribution in [0.3, 0.4) is 0 Å². The number of nitrogens with zero attached hydrogens (tertiary/aromatic N) is 1. The van der Waals surface area contributed by atoms with Crippen LogP contribution in [0, 0.1) is 13.8 Å². The first-order valence-electron chi connectivity index (χ1n) is 9.95. The van der Waals surface area contributed by atoms with E-state index in [4.69, 9.17) is 9.47 Å². The number of rotatable bonds is 4. The summed E-state index contributed by atoms with van der Waals surface area (Å²) in [6, 6.07) is 20.1. The van der Waals surface area contributed by atoms with Crippen LogP contribution >= 0.6 is 0 Å². The number of nitrogens with one attached hydrogen (secondary N) is 1. The number of imide groups is 1. The van der Waals surface area contributed by atoms with E-state index in [1.807, 2.05) is 56.3 Å². The number of carbonyl (C=O) groups excluding carboxylic acids is 2. The third-order valence-corrected chi connectivity index (χ3v) is 5.54. The number of ether oxygens (including phenoxy) is 2. The van der Waals surface area contributed by atoms with Gasteiger partial charge in [0.2, 0.25) is 6.79 Å². The van der Waals surface area contributed by atoms with E-state index in [0.717, 1.165) is 11.1 Å². The molecule has 6 heteroatoms. The van der Waals surface area contributed by atoms with Gasteiger partial charge in [-0.15, -0.1) is 0 Å². The monoisotopic (exact) mass is 412 g/mol. The van der Waals surface area contributed by atoms with Crippen LogP contribution in [0.25, 0.3) is 5.57 Å². The van der Waals surface area contributed by atoms with Crippen molar-refractivity contribution >= 4 is 28.8 Å². The Balaban J connectivity index is 1.59. The minimum absolute atomic E-state index is 0.161. The highest BCUT2D eigenvalue weighted by molar-refractivity contribution is 6.46. The lowest BCUT2D eigenvalue weighted by molar-refractivity contribution is -0.120. The van der Waals surface area contributed by atoms with Crippen LogP contribution in [0.5, 0.6) is 11.5 Å². The van der Waals surface area contributed by atoms with Gasteiger partial charge in [0.25, 0.3) is 11.8 Å². The van der Waals surface area contributed by atoms with Gasteiger partial charge in [-0.05, 0) is 54.8 Å². The zero-order valence-corrected chi connectivity index (χ0v) is 17.1. The maximum atomic E-state index is 13.5. The fraction of sp³-hybridized carbons (Fsp3) is 0.120. The van der Waals surface area contributed by atoms with Crippen LogP contribution in [-0.4, -0.2) is 18.6 Å². The van der Waals surface area contributed by atoms with E-state index in [0.29, 0.717) is 34.0 Å². The van der Waals surface area contributed by atoms with E-state index in [1.165, 1.54) is 4.90 Å². The van der Waals surface area contributed by atoms with Gasteiger partial charge in [0, 0.05) is 11.8 Å². The van der Waals surface area contributed by atoms with E-state index >= 15 is 0 Å². The molecule has 0 radical (unpaired) electrons. The van der Waals surface area contributed by atoms with Crippen LogP contribution in [0.4, 0.5) is 11.4 Å². The Labute approximate surface area is 179 Å². The Morgan fingerprint density at radius 1 is 0.806 bits per heavy atom. The summed E-state index contributed by atoms with van der Waals surface area (Å²) in [4.78, 5) is 28.2. The number of amides is 2. The fourth-order valence-electron chi connectivity index (χ4n) is 3.74. The van der Waals surface area contributed by atoms with Gasteiger partial charge < -0.3 is 14.8 Å². The van der Waals surface area contributed by atoms with Crippen LogP contribution in [0.2, 0.25) is 0 Å². The summed E-state index contributed by atoms with van der Waals surface area (Å²) in [5.74, 6) is 0.482. The van der Waals surface area contributed by atoms with Gasteiger partial charge in [0.15, 0.2) is 11.5 Å². The standard InChI is InChI=1S/C25H20N2O4/c1-15-8-10-19(12-16(15)2)27-24(28)22(17-6-4-3-5-7-17)23(25(27)29)26-18-9-11-20-21(13-18)31-14-30-20/h3-13,26H,14H2,1-2H3. The zero-order chi connectivity index (χ0) is 21.5. The highest BCUT2D eigenvalue weighted by atomic mass is 16.7. The van der Waals surface area contributed by atoms with E-state index in [1.54, 1.807) is 24.3 Å². The van der Waals surface area contributed by atoms with Gasteiger partial charge in [-0.3, -0.25) is 9.59 Å². The number of benzene rings is 3. The number of anilines is 2.